The van der Waals surface area contributed by atoms with Gasteiger partial charge in [0.05, 0.1) is 25.0 Å². The van der Waals surface area contributed by atoms with Crippen molar-refractivity contribution >= 4 is 12.1 Å². The summed E-state index contributed by atoms with van der Waals surface area (Å²) in [4.78, 5) is 21.5. The van der Waals surface area contributed by atoms with Gasteiger partial charge in [-0.05, 0) is 54.7 Å². The Morgan fingerprint density at radius 1 is 1.16 bits per heavy atom. The second kappa shape index (κ2) is 8.26. The molecule has 3 unspecified atom stereocenters. The maximum absolute atomic E-state index is 13.7. The first-order chi connectivity index (χ1) is 15.5. The van der Waals surface area contributed by atoms with Gasteiger partial charge >= 0.3 is 0 Å². The molecule has 1 aromatic heterocycles. The molecule has 0 radical (unpaired) electrons. The summed E-state index contributed by atoms with van der Waals surface area (Å²) in [7, 11) is 0. The van der Waals surface area contributed by atoms with E-state index in [4.69, 9.17) is 10.00 Å². The number of amides is 1. The molecule has 7 nitrogen and oxygen atoms in total. The third-order valence-corrected chi connectivity index (χ3v) is 6.82. The molecule has 164 valence electrons. The number of carbonyl (C=O) groups is 1. The Labute approximate surface area is 183 Å². The van der Waals surface area contributed by atoms with Gasteiger partial charge in [0.2, 0.25) is 11.8 Å². The van der Waals surface area contributed by atoms with Crippen LogP contribution < -0.4 is 4.74 Å². The number of benzene rings is 1. The van der Waals surface area contributed by atoms with Gasteiger partial charge in [-0.3, -0.25) is 9.78 Å². The summed E-state index contributed by atoms with van der Waals surface area (Å²) in [5.41, 5.74) is 0.598. The zero-order valence-electron chi connectivity index (χ0n) is 17.2. The third kappa shape index (κ3) is 3.81. The monoisotopic (exact) mass is 437 g/mol. The Kier molecular flexibility index (Phi) is 5.29. The van der Waals surface area contributed by atoms with Crippen LogP contribution in [0.2, 0.25) is 0 Å². The van der Waals surface area contributed by atoms with Gasteiger partial charge in [0, 0.05) is 24.6 Å². The lowest BCUT2D eigenvalue weighted by molar-refractivity contribution is -0.148. The normalized spacial score (nSPS) is 28.2. The van der Waals surface area contributed by atoms with Crippen molar-refractivity contribution in [2.75, 3.05) is 6.61 Å². The smallest absolute Gasteiger partial charge is 0.246 e. The van der Waals surface area contributed by atoms with Crippen LogP contribution in [-0.4, -0.2) is 33.7 Å². The minimum Gasteiger partial charge on any atom is -0.476 e. The number of aromatic nitrogens is 2. The zero-order valence-corrected chi connectivity index (χ0v) is 17.2. The van der Waals surface area contributed by atoms with Crippen molar-refractivity contribution < 1.29 is 18.3 Å². The zero-order chi connectivity index (χ0) is 22.2. The molecule has 2 heterocycles. The van der Waals surface area contributed by atoms with Crippen LogP contribution >= 0.6 is 0 Å². The molecule has 3 saturated carbocycles. The first kappa shape index (κ1) is 20.5. The van der Waals surface area contributed by atoms with Crippen molar-refractivity contribution in [1.29, 1.82) is 5.26 Å². The van der Waals surface area contributed by atoms with Crippen LogP contribution in [-0.2, 0) is 4.79 Å². The molecule has 3 fully saturated rings. The van der Waals surface area contributed by atoms with E-state index in [0.29, 0.717) is 42.7 Å². The number of hydrogen-bond acceptors (Lipinski definition) is 6. The summed E-state index contributed by atoms with van der Waals surface area (Å²) in [5, 5.41) is 14.6. The molecule has 2 bridgehead atoms. The Bertz CT molecular complexity index is 1090. The molecule has 3 aliphatic carbocycles. The second-order valence-electron chi connectivity index (χ2n) is 8.69. The molecule has 0 saturated heterocycles. The first-order valence-corrected chi connectivity index (χ1v) is 10.7. The topological polar surface area (TPSA) is 91.5 Å². The molecule has 0 N–H and O–H groups in total. The molecule has 4 aliphatic rings. The number of carbonyl (C=O) groups excluding carboxylic acids is 1. The molecule has 1 aliphatic heterocycles. The Balaban J connectivity index is 1.27. The van der Waals surface area contributed by atoms with Crippen LogP contribution in [0.1, 0.15) is 43.0 Å². The SMILES string of the molecule is N#Cc1cncc(OCC2CC(C(=O)N3N=CCC3c3cc(F)cc(F)c3)C3CC2C3)n1. The Hall–Kier alpha value is -3.41. The summed E-state index contributed by atoms with van der Waals surface area (Å²) in [5.74, 6) is -0.380. The van der Waals surface area contributed by atoms with E-state index in [1.54, 1.807) is 6.21 Å². The van der Waals surface area contributed by atoms with E-state index in [9.17, 15) is 13.6 Å². The maximum Gasteiger partial charge on any atom is 0.246 e. The molecule has 3 atom stereocenters. The van der Waals surface area contributed by atoms with Crippen LogP contribution in [0, 0.1) is 46.6 Å². The summed E-state index contributed by atoms with van der Waals surface area (Å²) in [6.07, 6.45) is 7.45. The van der Waals surface area contributed by atoms with Gasteiger partial charge in [-0.2, -0.15) is 15.3 Å². The van der Waals surface area contributed by atoms with E-state index in [2.05, 4.69) is 15.1 Å². The molecule has 0 spiro atoms. The summed E-state index contributed by atoms with van der Waals surface area (Å²) in [6.45, 7) is 0.395. The van der Waals surface area contributed by atoms with Crippen molar-refractivity contribution in [3.63, 3.8) is 0 Å². The number of hydrogen-bond donors (Lipinski definition) is 0. The lowest BCUT2D eigenvalue weighted by Gasteiger charge is -2.51. The lowest BCUT2D eigenvalue weighted by Crippen LogP contribution is -2.50. The fourth-order valence-electron chi connectivity index (χ4n) is 5.14. The molecule has 32 heavy (non-hydrogen) atoms. The maximum atomic E-state index is 13.7. The van der Waals surface area contributed by atoms with Crippen molar-refractivity contribution in [1.82, 2.24) is 15.0 Å². The number of nitrogens with zero attached hydrogens (tertiary/aromatic N) is 5. The minimum absolute atomic E-state index is 0.104. The number of fused-ring (bicyclic) bond motifs is 2. The van der Waals surface area contributed by atoms with Crippen LogP contribution in [0.5, 0.6) is 5.88 Å². The highest BCUT2D eigenvalue weighted by atomic mass is 19.1. The quantitative estimate of drug-likeness (QED) is 0.712. The predicted octanol–water partition coefficient (Wildman–Crippen LogP) is 3.63. The van der Waals surface area contributed by atoms with E-state index < -0.39 is 17.7 Å². The van der Waals surface area contributed by atoms with Crippen LogP contribution in [0.15, 0.2) is 35.7 Å². The fraction of sp³-hybridized carbons (Fsp3) is 0.435. The lowest BCUT2D eigenvalue weighted by atomic mass is 9.55. The van der Waals surface area contributed by atoms with E-state index in [-0.39, 0.29) is 23.4 Å². The summed E-state index contributed by atoms with van der Waals surface area (Å²) in [6, 6.07) is 4.78. The number of halogens is 2. The van der Waals surface area contributed by atoms with Gasteiger partial charge < -0.3 is 4.74 Å². The molecule has 6 rings (SSSR count). The molecular formula is C23H21F2N5O2. The van der Waals surface area contributed by atoms with Crippen molar-refractivity contribution in [3.05, 3.63) is 53.5 Å². The highest BCUT2D eigenvalue weighted by Gasteiger charge is 2.50. The summed E-state index contributed by atoms with van der Waals surface area (Å²) >= 11 is 0. The second-order valence-corrected chi connectivity index (χ2v) is 8.69. The fourth-order valence-corrected chi connectivity index (χ4v) is 5.14. The number of ether oxygens (including phenoxy) is 1. The first-order valence-electron chi connectivity index (χ1n) is 10.7. The average Bonchev–Trinajstić information content (AvgIpc) is 3.26. The van der Waals surface area contributed by atoms with Gasteiger partial charge in [0.25, 0.3) is 0 Å². The van der Waals surface area contributed by atoms with E-state index >= 15 is 0 Å². The van der Waals surface area contributed by atoms with Gasteiger partial charge in [-0.1, -0.05) is 0 Å². The van der Waals surface area contributed by atoms with Gasteiger partial charge in [-0.15, -0.1) is 0 Å². The Morgan fingerprint density at radius 2 is 1.94 bits per heavy atom. The van der Waals surface area contributed by atoms with E-state index in [1.807, 2.05) is 6.07 Å². The van der Waals surface area contributed by atoms with E-state index in [0.717, 1.165) is 18.9 Å². The van der Waals surface area contributed by atoms with Gasteiger partial charge in [0.1, 0.15) is 17.7 Å². The van der Waals surface area contributed by atoms with E-state index in [1.165, 1.54) is 29.5 Å². The van der Waals surface area contributed by atoms with Crippen molar-refractivity contribution in [3.8, 4) is 11.9 Å². The average molecular weight is 437 g/mol. The number of rotatable bonds is 5. The van der Waals surface area contributed by atoms with Crippen molar-refractivity contribution in [2.24, 2.45) is 28.8 Å². The van der Waals surface area contributed by atoms with Gasteiger partial charge in [0.15, 0.2) is 5.69 Å². The largest absolute Gasteiger partial charge is 0.476 e. The highest BCUT2D eigenvalue weighted by Crippen LogP contribution is 2.53. The highest BCUT2D eigenvalue weighted by molar-refractivity contribution is 5.82. The summed E-state index contributed by atoms with van der Waals surface area (Å²) < 4.78 is 33.3. The van der Waals surface area contributed by atoms with Crippen LogP contribution in [0.3, 0.4) is 0 Å². The minimum atomic E-state index is -0.667. The molecule has 9 heteroatoms. The predicted molar refractivity (Wildman–Crippen MR) is 109 cm³/mol. The van der Waals surface area contributed by atoms with Crippen LogP contribution in [0.4, 0.5) is 8.78 Å². The number of hydrazone groups is 1. The van der Waals surface area contributed by atoms with Crippen molar-refractivity contribution in [2.45, 2.75) is 31.7 Å². The molecule has 1 aromatic carbocycles. The molecule has 2 aromatic rings. The molecule has 1 amide bonds. The molecular weight excluding hydrogens is 416 g/mol. The standard InChI is InChI=1S/C23H21F2N5O2/c24-17-5-15(6-18(25)8-17)21-1-2-28-30(21)23(31)20-7-16(13-3-14(20)4-13)12-32-22-11-27-10-19(9-26)29-22/h2,5-6,8,10-11,13-14,16,20-21H,1,3-4,7,12H2. The van der Waals surface area contributed by atoms with Crippen LogP contribution in [0.25, 0.3) is 0 Å². The number of nitriles is 1. The third-order valence-electron chi connectivity index (χ3n) is 6.82. The van der Waals surface area contributed by atoms with Gasteiger partial charge in [-0.25, -0.2) is 13.8 Å². The Morgan fingerprint density at radius 3 is 2.69 bits per heavy atom.